The average Bonchev–Trinajstić information content (AvgIpc) is 3.04. The molecule has 1 N–H and O–H groups in total. The van der Waals surface area contributed by atoms with Gasteiger partial charge in [0.1, 0.15) is 0 Å². The third-order valence-corrected chi connectivity index (χ3v) is 4.91. The van der Waals surface area contributed by atoms with Crippen molar-refractivity contribution in [2.75, 3.05) is 13.1 Å². The number of aromatic nitrogens is 2. The molecular weight excluding hydrogens is 314 g/mol. The van der Waals surface area contributed by atoms with E-state index in [0.29, 0.717) is 22.7 Å². The van der Waals surface area contributed by atoms with E-state index in [1.807, 2.05) is 31.2 Å². The van der Waals surface area contributed by atoms with Crippen molar-refractivity contribution in [3.8, 4) is 11.5 Å². The predicted octanol–water partition coefficient (Wildman–Crippen LogP) is 3.54. The van der Waals surface area contributed by atoms with Gasteiger partial charge in [0.25, 0.3) is 0 Å². The van der Waals surface area contributed by atoms with Crippen LogP contribution in [-0.2, 0) is 0 Å². The van der Waals surface area contributed by atoms with Gasteiger partial charge in [-0.15, -0.1) is 10.2 Å². The number of aliphatic hydroxyl groups is 1. The Labute approximate surface area is 141 Å². The number of hydrogen-bond donors (Lipinski definition) is 1. The van der Waals surface area contributed by atoms with Crippen molar-refractivity contribution < 1.29 is 9.52 Å². The van der Waals surface area contributed by atoms with Gasteiger partial charge in [0.05, 0.1) is 12.1 Å². The lowest BCUT2D eigenvalue weighted by Gasteiger charge is -2.35. The highest BCUT2D eigenvalue weighted by molar-refractivity contribution is 6.30. The van der Waals surface area contributed by atoms with E-state index in [-0.39, 0.29) is 12.1 Å². The van der Waals surface area contributed by atoms with Crippen LogP contribution in [0, 0.1) is 5.92 Å². The van der Waals surface area contributed by atoms with Crippen LogP contribution in [0.15, 0.2) is 28.7 Å². The zero-order valence-electron chi connectivity index (χ0n) is 13.4. The Bertz CT molecular complexity index is 651. The van der Waals surface area contributed by atoms with Crippen molar-refractivity contribution in [3.05, 3.63) is 35.2 Å². The summed E-state index contributed by atoms with van der Waals surface area (Å²) in [6, 6.07) is 7.48. The van der Waals surface area contributed by atoms with Crippen molar-refractivity contribution in [2.24, 2.45) is 5.92 Å². The Morgan fingerprint density at radius 2 is 2.00 bits per heavy atom. The maximum atomic E-state index is 9.70. The minimum Gasteiger partial charge on any atom is -0.419 e. The van der Waals surface area contributed by atoms with Gasteiger partial charge in [0, 0.05) is 10.6 Å². The first-order chi connectivity index (χ1) is 11.0. The molecule has 1 saturated heterocycles. The normalized spacial score (nSPS) is 19.7. The van der Waals surface area contributed by atoms with E-state index < -0.39 is 0 Å². The standard InChI is InChI=1S/C17H22ClN3O2/c1-11(21-8-6-13(7-9-21)12(2)22)16-19-20-17(23-16)14-4-3-5-15(18)10-14/h3-5,10-13,22H,6-9H2,1-2H3. The number of benzene rings is 1. The first-order valence-electron chi connectivity index (χ1n) is 8.06. The molecule has 5 nitrogen and oxygen atoms in total. The summed E-state index contributed by atoms with van der Waals surface area (Å²) in [5.41, 5.74) is 0.830. The van der Waals surface area contributed by atoms with E-state index in [2.05, 4.69) is 22.0 Å². The molecule has 124 valence electrons. The van der Waals surface area contributed by atoms with E-state index in [0.717, 1.165) is 31.5 Å². The molecule has 1 aliphatic rings. The minimum atomic E-state index is -0.231. The lowest BCUT2D eigenvalue weighted by molar-refractivity contribution is 0.0538. The van der Waals surface area contributed by atoms with Gasteiger partial charge in [-0.2, -0.15) is 0 Å². The Morgan fingerprint density at radius 3 is 2.65 bits per heavy atom. The SMILES string of the molecule is CC(O)C1CCN(C(C)c2nnc(-c3cccc(Cl)c3)o2)CC1. The van der Waals surface area contributed by atoms with Crippen molar-refractivity contribution in [3.63, 3.8) is 0 Å². The monoisotopic (exact) mass is 335 g/mol. The summed E-state index contributed by atoms with van der Waals surface area (Å²) in [5, 5.41) is 18.7. The molecule has 3 rings (SSSR count). The third-order valence-electron chi connectivity index (χ3n) is 4.67. The predicted molar refractivity (Wildman–Crippen MR) is 89.1 cm³/mol. The average molecular weight is 336 g/mol. The van der Waals surface area contributed by atoms with Gasteiger partial charge in [0.2, 0.25) is 11.8 Å². The minimum absolute atomic E-state index is 0.0744. The highest BCUT2D eigenvalue weighted by atomic mass is 35.5. The molecule has 0 bridgehead atoms. The first-order valence-corrected chi connectivity index (χ1v) is 8.44. The van der Waals surface area contributed by atoms with Gasteiger partial charge >= 0.3 is 0 Å². The second-order valence-electron chi connectivity index (χ2n) is 6.25. The molecule has 0 radical (unpaired) electrons. The zero-order valence-corrected chi connectivity index (χ0v) is 14.2. The summed E-state index contributed by atoms with van der Waals surface area (Å²) in [6.07, 6.45) is 1.76. The van der Waals surface area contributed by atoms with Gasteiger partial charge in [0.15, 0.2) is 0 Å². The van der Waals surface area contributed by atoms with E-state index in [1.54, 1.807) is 0 Å². The Balaban J connectivity index is 1.68. The van der Waals surface area contributed by atoms with Crippen molar-refractivity contribution in [1.29, 1.82) is 0 Å². The van der Waals surface area contributed by atoms with E-state index >= 15 is 0 Å². The fourth-order valence-electron chi connectivity index (χ4n) is 3.09. The molecule has 2 aromatic rings. The number of nitrogens with zero attached hydrogens (tertiary/aromatic N) is 3. The maximum Gasteiger partial charge on any atom is 0.247 e. The maximum absolute atomic E-state index is 9.70. The molecule has 1 aromatic carbocycles. The molecule has 1 fully saturated rings. The molecule has 23 heavy (non-hydrogen) atoms. The van der Waals surface area contributed by atoms with Gasteiger partial charge in [-0.1, -0.05) is 17.7 Å². The number of aliphatic hydroxyl groups excluding tert-OH is 1. The topological polar surface area (TPSA) is 62.4 Å². The van der Waals surface area contributed by atoms with Crippen LogP contribution in [0.4, 0.5) is 0 Å². The van der Waals surface area contributed by atoms with Crippen molar-refractivity contribution in [1.82, 2.24) is 15.1 Å². The van der Waals surface area contributed by atoms with Gasteiger partial charge in [-0.3, -0.25) is 4.90 Å². The molecule has 0 spiro atoms. The first kappa shape index (κ1) is 16.4. The van der Waals surface area contributed by atoms with Crippen LogP contribution < -0.4 is 0 Å². The van der Waals surface area contributed by atoms with Gasteiger partial charge < -0.3 is 9.52 Å². The summed E-state index contributed by atoms with van der Waals surface area (Å²) in [4.78, 5) is 2.33. The van der Waals surface area contributed by atoms with Crippen LogP contribution >= 0.6 is 11.6 Å². The quantitative estimate of drug-likeness (QED) is 0.925. The number of halogens is 1. The summed E-state index contributed by atoms with van der Waals surface area (Å²) < 4.78 is 5.84. The van der Waals surface area contributed by atoms with Crippen LogP contribution in [0.3, 0.4) is 0 Å². The van der Waals surface area contributed by atoms with E-state index in [9.17, 15) is 5.11 Å². The second-order valence-corrected chi connectivity index (χ2v) is 6.68. The lowest BCUT2D eigenvalue weighted by atomic mass is 9.91. The van der Waals surface area contributed by atoms with Crippen molar-refractivity contribution in [2.45, 2.75) is 38.8 Å². The molecule has 1 aromatic heterocycles. The molecule has 2 unspecified atom stereocenters. The molecule has 0 amide bonds. The highest BCUT2D eigenvalue weighted by Crippen LogP contribution is 2.29. The van der Waals surface area contributed by atoms with Gasteiger partial charge in [-0.25, -0.2) is 0 Å². The van der Waals surface area contributed by atoms with Gasteiger partial charge in [-0.05, 0) is 63.9 Å². The van der Waals surface area contributed by atoms with Crippen LogP contribution in [0.5, 0.6) is 0 Å². The van der Waals surface area contributed by atoms with Crippen LogP contribution in [0.2, 0.25) is 5.02 Å². The Kier molecular flexibility index (Phi) is 4.99. The molecule has 6 heteroatoms. The zero-order chi connectivity index (χ0) is 16.4. The summed E-state index contributed by atoms with van der Waals surface area (Å²) in [5.74, 6) is 1.51. The van der Waals surface area contributed by atoms with E-state index in [4.69, 9.17) is 16.0 Å². The van der Waals surface area contributed by atoms with Crippen molar-refractivity contribution >= 4 is 11.6 Å². The van der Waals surface area contributed by atoms with Crippen LogP contribution in [0.1, 0.15) is 38.6 Å². The molecule has 0 saturated carbocycles. The molecule has 1 aliphatic heterocycles. The smallest absolute Gasteiger partial charge is 0.247 e. The number of piperidine rings is 1. The Morgan fingerprint density at radius 1 is 1.26 bits per heavy atom. The fraction of sp³-hybridized carbons (Fsp3) is 0.529. The third kappa shape index (κ3) is 3.74. The summed E-state index contributed by atoms with van der Waals surface area (Å²) in [7, 11) is 0. The fourth-order valence-corrected chi connectivity index (χ4v) is 3.28. The molecule has 2 atom stereocenters. The summed E-state index contributed by atoms with van der Waals surface area (Å²) >= 11 is 6.01. The lowest BCUT2D eigenvalue weighted by Crippen LogP contribution is -2.38. The number of hydrogen-bond acceptors (Lipinski definition) is 5. The largest absolute Gasteiger partial charge is 0.419 e. The van der Waals surface area contributed by atoms with Crippen LogP contribution in [-0.4, -0.2) is 39.4 Å². The van der Waals surface area contributed by atoms with Crippen LogP contribution in [0.25, 0.3) is 11.5 Å². The molecular formula is C17H22ClN3O2. The number of likely N-dealkylation sites (tertiary alicyclic amines) is 1. The second kappa shape index (κ2) is 6.99. The highest BCUT2D eigenvalue weighted by Gasteiger charge is 2.28. The molecule has 2 heterocycles. The number of rotatable bonds is 4. The molecule has 0 aliphatic carbocycles. The van der Waals surface area contributed by atoms with E-state index in [1.165, 1.54) is 0 Å². The Hall–Kier alpha value is -1.43. The summed E-state index contributed by atoms with van der Waals surface area (Å²) in [6.45, 7) is 5.83.